The molecule has 2 fully saturated rings. The van der Waals surface area contributed by atoms with Crippen LogP contribution in [0.1, 0.15) is 54.2 Å². The SMILES string of the molecule is CCNC(=O)c1ccc(C(Br)=C2CC3CCC(C2)N3Cc2ccccn2)cc1. The number of nitrogens with one attached hydrogen (secondary N) is 1. The number of carbonyl (C=O) groups is 1. The van der Waals surface area contributed by atoms with Crippen molar-refractivity contribution >= 4 is 26.3 Å². The Morgan fingerprint density at radius 1 is 1.11 bits per heavy atom. The number of hydrogen-bond acceptors (Lipinski definition) is 3. The molecule has 1 amide bonds. The number of nitrogens with zero attached hydrogens (tertiary/aromatic N) is 2. The molecule has 4 nitrogen and oxygen atoms in total. The number of piperidine rings is 1. The van der Waals surface area contributed by atoms with Crippen molar-refractivity contribution < 1.29 is 4.79 Å². The molecule has 146 valence electrons. The van der Waals surface area contributed by atoms with Gasteiger partial charge < -0.3 is 5.32 Å². The Hall–Kier alpha value is -1.98. The van der Waals surface area contributed by atoms with Crippen molar-refractivity contribution in [3.05, 3.63) is 71.1 Å². The Morgan fingerprint density at radius 3 is 2.39 bits per heavy atom. The largest absolute Gasteiger partial charge is 0.352 e. The molecular formula is C23H26BrN3O. The molecule has 1 aromatic heterocycles. The standard InChI is InChI=1S/C23H26BrN3O/c1-2-25-23(28)17-8-6-16(7-9-17)22(24)18-13-20-10-11-21(14-18)27(20)15-19-5-3-4-12-26-19/h3-9,12,20-21H,2,10-11,13-15H2,1H3,(H,25,28). The molecule has 2 unspecified atom stereocenters. The molecule has 3 heterocycles. The van der Waals surface area contributed by atoms with Crippen molar-refractivity contribution in [3.8, 4) is 0 Å². The highest BCUT2D eigenvalue weighted by Gasteiger charge is 2.39. The number of rotatable bonds is 5. The van der Waals surface area contributed by atoms with Gasteiger partial charge in [0.05, 0.1) is 5.69 Å². The lowest BCUT2D eigenvalue weighted by atomic mass is 9.94. The molecule has 1 N–H and O–H groups in total. The highest BCUT2D eigenvalue weighted by Crippen LogP contribution is 2.43. The quantitative estimate of drug-likeness (QED) is 0.729. The van der Waals surface area contributed by atoms with Crippen LogP contribution in [0.2, 0.25) is 0 Å². The Bertz CT molecular complexity index is 847. The third kappa shape index (κ3) is 4.06. The molecule has 2 atom stereocenters. The third-order valence-electron chi connectivity index (χ3n) is 5.85. The van der Waals surface area contributed by atoms with Crippen molar-refractivity contribution in [2.45, 2.75) is 51.2 Å². The fraction of sp³-hybridized carbons (Fsp3) is 0.391. The van der Waals surface area contributed by atoms with Crippen molar-refractivity contribution in [2.24, 2.45) is 0 Å². The van der Waals surface area contributed by atoms with Gasteiger partial charge in [0.2, 0.25) is 0 Å². The van der Waals surface area contributed by atoms with Gasteiger partial charge in [-0.15, -0.1) is 0 Å². The van der Waals surface area contributed by atoms with Gasteiger partial charge in [0, 0.05) is 41.4 Å². The molecule has 2 aromatic rings. The van der Waals surface area contributed by atoms with Crippen molar-refractivity contribution in [1.82, 2.24) is 15.2 Å². The highest BCUT2D eigenvalue weighted by atomic mass is 79.9. The van der Waals surface area contributed by atoms with Crippen molar-refractivity contribution in [2.75, 3.05) is 6.54 Å². The molecule has 2 aliphatic rings. The van der Waals surface area contributed by atoms with Crippen molar-refractivity contribution in [3.63, 3.8) is 0 Å². The zero-order valence-corrected chi connectivity index (χ0v) is 17.8. The number of aromatic nitrogens is 1. The van der Waals surface area contributed by atoms with E-state index in [1.54, 1.807) is 0 Å². The minimum atomic E-state index is -0.0151. The smallest absolute Gasteiger partial charge is 0.251 e. The van der Waals surface area contributed by atoms with Gasteiger partial charge in [-0.05, 0) is 62.4 Å². The van der Waals surface area contributed by atoms with E-state index in [-0.39, 0.29) is 5.91 Å². The summed E-state index contributed by atoms with van der Waals surface area (Å²) in [6.07, 6.45) is 6.60. The maximum atomic E-state index is 12.0. The normalized spacial score (nSPS) is 21.6. The first-order valence-electron chi connectivity index (χ1n) is 10.1. The lowest BCUT2D eigenvalue weighted by Gasteiger charge is -2.36. The molecule has 5 heteroatoms. The van der Waals surface area contributed by atoms with Crippen LogP contribution in [-0.4, -0.2) is 34.4 Å². The van der Waals surface area contributed by atoms with E-state index in [0.717, 1.165) is 30.6 Å². The summed E-state index contributed by atoms with van der Waals surface area (Å²) in [7, 11) is 0. The van der Waals surface area contributed by atoms with Gasteiger partial charge in [0.25, 0.3) is 5.91 Å². The maximum Gasteiger partial charge on any atom is 0.251 e. The molecule has 0 radical (unpaired) electrons. The molecule has 28 heavy (non-hydrogen) atoms. The van der Waals surface area contributed by atoms with Crippen LogP contribution in [0.15, 0.2) is 54.2 Å². The summed E-state index contributed by atoms with van der Waals surface area (Å²) >= 11 is 3.86. The molecule has 2 saturated heterocycles. The summed E-state index contributed by atoms with van der Waals surface area (Å²) in [4.78, 5) is 19.1. The average molecular weight is 440 g/mol. The summed E-state index contributed by atoms with van der Waals surface area (Å²) in [5.41, 5.74) is 4.52. The summed E-state index contributed by atoms with van der Waals surface area (Å²) in [6, 6.07) is 15.3. The van der Waals surface area contributed by atoms with E-state index in [0.29, 0.717) is 24.2 Å². The van der Waals surface area contributed by atoms with E-state index in [2.05, 4.69) is 43.3 Å². The van der Waals surface area contributed by atoms with Crippen LogP contribution in [0, 0.1) is 0 Å². The minimum Gasteiger partial charge on any atom is -0.352 e. The number of amides is 1. The summed E-state index contributed by atoms with van der Waals surface area (Å²) in [6.45, 7) is 3.52. The van der Waals surface area contributed by atoms with E-state index in [4.69, 9.17) is 0 Å². The summed E-state index contributed by atoms with van der Waals surface area (Å²) in [5.74, 6) is -0.0151. The van der Waals surface area contributed by atoms with Gasteiger partial charge in [-0.1, -0.05) is 39.7 Å². The Morgan fingerprint density at radius 2 is 1.79 bits per heavy atom. The maximum absolute atomic E-state index is 12.0. The molecule has 0 saturated carbocycles. The number of fused-ring (bicyclic) bond motifs is 2. The highest BCUT2D eigenvalue weighted by molar-refractivity contribution is 9.15. The number of halogens is 1. The molecule has 2 aliphatic heterocycles. The molecule has 0 aliphatic carbocycles. The number of pyridine rings is 1. The predicted molar refractivity (Wildman–Crippen MR) is 116 cm³/mol. The van der Waals surface area contributed by atoms with Crippen LogP contribution in [-0.2, 0) is 6.54 Å². The van der Waals surface area contributed by atoms with E-state index in [9.17, 15) is 4.79 Å². The second-order valence-electron chi connectivity index (χ2n) is 7.64. The molecule has 4 rings (SSSR count). The second-order valence-corrected chi connectivity index (χ2v) is 8.43. The third-order valence-corrected chi connectivity index (χ3v) is 6.87. The summed E-state index contributed by atoms with van der Waals surface area (Å²) in [5, 5.41) is 2.85. The van der Waals surface area contributed by atoms with Gasteiger partial charge in [-0.3, -0.25) is 14.7 Å². The van der Waals surface area contributed by atoms with Gasteiger partial charge in [-0.2, -0.15) is 0 Å². The second kappa shape index (κ2) is 8.58. The Labute approximate surface area is 175 Å². The van der Waals surface area contributed by atoms with Crippen LogP contribution >= 0.6 is 15.9 Å². The van der Waals surface area contributed by atoms with Crippen molar-refractivity contribution in [1.29, 1.82) is 0 Å². The Kier molecular flexibility index (Phi) is 5.93. The zero-order valence-electron chi connectivity index (χ0n) is 16.2. The van der Waals surface area contributed by atoms with Crippen LogP contribution in [0.4, 0.5) is 0 Å². The fourth-order valence-corrected chi connectivity index (χ4v) is 5.04. The minimum absolute atomic E-state index is 0.0151. The number of benzene rings is 1. The lowest BCUT2D eigenvalue weighted by molar-refractivity contribution is 0.0956. The van der Waals surface area contributed by atoms with E-state index < -0.39 is 0 Å². The van der Waals surface area contributed by atoms with Crippen LogP contribution in [0.3, 0.4) is 0 Å². The van der Waals surface area contributed by atoms with E-state index >= 15 is 0 Å². The van der Waals surface area contributed by atoms with Gasteiger partial charge in [0.1, 0.15) is 0 Å². The first kappa shape index (κ1) is 19.3. The van der Waals surface area contributed by atoms with Crippen LogP contribution < -0.4 is 5.32 Å². The van der Waals surface area contributed by atoms with Crippen LogP contribution in [0.25, 0.3) is 4.48 Å². The topological polar surface area (TPSA) is 45.2 Å². The zero-order chi connectivity index (χ0) is 19.5. The molecule has 0 spiro atoms. The average Bonchev–Trinajstić information content (AvgIpc) is 2.96. The first-order valence-corrected chi connectivity index (χ1v) is 10.9. The van der Waals surface area contributed by atoms with Gasteiger partial charge >= 0.3 is 0 Å². The number of carbonyl (C=O) groups excluding carboxylic acids is 1. The monoisotopic (exact) mass is 439 g/mol. The predicted octanol–water partition coefficient (Wildman–Crippen LogP) is 4.76. The van der Waals surface area contributed by atoms with Gasteiger partial charge in [0.15, 0.2) is 0 Å². The van der Waals surface area contributed by atoms with Crippen LogP contribution in [0.5, 0.6) is 0 Å². The first-order chi connectivity index (χ1) is 13.7. The Balaban J connectivity index is 1.48. The van der Waals surface area contributed by atoms with E-state index in [1.165, 1.54) is 22.9 Å². The fourth-order valence-electron chi connectivity index (χ4n) is 4.46. The number of hydrogen-bond donors (Lipinski definition) is 1. The van der Waals surface area contributed by atoms with E-state index in [1.807, 2.05) is 43.5 Å². The molecule has 2 bridgehead atoms. The van der Waals surface area contributed by atoms with Gasteiger partial charge in [-0.25, -0.2) is 0 Å². The molecule has 1 aromatic carbocycles. The summed E-state index contributed by atoms with van der Waals surface area (Å²) < 4.78 is 1.20. The molecular weight excluding hydrogens is 414 g/mol. The lowest BCUT2D eigenvalue weighted by Crippen LogP contribution is -2.40.